The van der Waals surface area contributed by atoms with Gasteiger partial charge >= 0.3 is 0 Å². The van der Waals surface area contributed by atoms with Crippen LogP contribution in [0.1, 0.15) is 44.4 Å². The fourth-order valence-corrected chi connectivity index (χ4v) is 14.9. The summed E-state index contributed by atoms with van der Waals surface area (Å²) in [5.74, 6) is 5.46. The predicted octanol–water partition coefficient (Wildman–Crippen LogP) is 6.00. The highest BCUT2D eigenvalue weighted by Crippen LogP contribution is 2.49. The standard InChI is InChI=1S/C39H52O9Si/c1-20-21(2)23(4)36(22(20)3)49(37-24(5)33(46-14)27(40-8)17-30(37)43-11,38-25(6)34(47-15)28(41-9)18-31(38)44-12)39-26(7)35(48-16)29(42-10)19-32(39)45-13/h17-19,22H,1-16H3. The first kappa shape index (κ1) is 37.4. The average molecular weight is 693 g/mol. The van der Waals surface area contributed by atoms with Crippen molar-refractivity contribution in [1.82, 2.24) is 0 Å². The Balaban J connectivity index is 2.61. The van der Waals surface area contributed by atoms with Crippen LogP contribution in [-0.2, 0) is 0 Å². The third-order valence-corrected chi connectivity index (χ3v) is 16.2. The van der Waals surface area contributed by atoms with E-state index in [-0.39, 0.29) is 5.92 Å². The van der Waals surface area contributed by atoms with Gasteiger partial charge in [-0.3, -0.25) is 0 Å². The molecule has 1 aliphatic rings. The Morgan fingerprint density at radius 2 is 0.694 bits per heavy atom. The molecule has 0 saturated heterocycles. The lowest BCUT2D eigenvalue weighted by Gasteiger charge is -2.43. The summed E-state index contributed by atoms with van der Waals surface area (Å²) in [6.45, 7) is 15.1. The summed E-state index contributed by atoms with van der Waals surface area (Å²) in [5.41, 5.74) is 6.33. The van der Waals surface area contributed by atoms with Gasteiger partial charge in [-0.2, -0.15) is 0 Å². The van der Waals surface area contributed by atoms with Gasteiger partial charge in [0.05, 0.1) is 64.0 Å². The Bertz CT molecular complexity index is 1650. The van der Waals surface area contributed by atoms with E-state index in [4.69, 9.17) is 42.6 Å². The number of ether oxygens (including phenoxy) is 9. The molecule has 49 heavy (non-hydrogen) atoms. The van der Waals surface area contributed by atoms with Crippen LogP contribution in [0, 0.1) is 26.7 Å². The highest BCUT2D eigenvalue weighted by atomic mass is 28.3. The molecule has 9 nitrogen and oxygen atoms in total. The molecule has 266 valence electrons. The van der Waals surface area contributed by atoms with Crippen molar-refractivity contribution in [3.05, 3.63) is 56.8 Å². The SMILES string of the molecule is COc1cc(OC)c([Si](C2=C(C)C(C)=C(C)C2C)(c2c(OC)cc(OC)c(OC)c2C)c2c(OC)cc(OC)c(OC)c2C)c(C)c1OC. The summed E-state index contributed by atoms with van der Waals surface area (Å²) < 4.78 is 55.2. The van der Waals surface area contributed by atoms with E-state index in [1.165, 1.54) is 21.9 Å². The molecule has 0 radical (unpaired) electrons. The van der Waals surface area contributed by atoms with Crippen molar-refractivity contribution in [3.8, 4) is 51.7 Å². The van der Waals surface area contributed by atoms with Gasteiger partial charge in [0, 0.05) is 33.8 Å². The fraction of sp³-hybridized carbons (Fsp3) is 0.436. The van der Waals surface area contributed by atoms with Crippen molar-refractivity contribution in [1.29, 1.82) is 0 Å². The number of rotatable bonds is 13. The van der Waals surface area contributed by atoms with Crippen LogP contribution in [0.3, 0.4) is 0 Å². The summed E-state index contributed by atoms with van der Waals surface area (Å²) in [6, 6.07) is 5.74. The Kier molecular flexibility index (Phi) is 11.1. The summed E-state index contributed by atoms with van der Waals surface area (Å²) >= 11 is 0. The molecule has 3 aromatic rings. The average Bonchev–Trinajstić information content (AvgIpc) is 3.30. The summed E-state index contributed by atoms with van der Waals surface area (Å²) in [4.78, 5) is 0. The van der Waals surface area contributed by atoms with Crippen molar-refractivity contribution in [3.63, 3.8) is 0 Å². The molecule has 0 heterocycles. The first-order chi connectivity index (χ1) is 23.4. The third kappa shape index (κ3) is 5.44. The Labute approximate surface area is 292 Å². The monoisotopic (exact) mass is 692 g/mol. The zero-order valence-corrected chi connectivity index (χ0v) is 33.0. The van der Waals surface area contributed by atoms with Crippen LogP contribution in [0.4, 0.5) is 0 Å². The minimum Gasteiger partial charge on any atom is -0.497 e. The van der Waals surface area contributed by atoms with Gasteiger partial charge < -0.3 is 42.6 Å². The van der Waals surface area contributed by atoms with Crippen LogP contribution >= 0.6 is 0 Å². The summed E-state index contributed by atoms with van der Waals surface area (Å²) in [5, 5.41) is 4.12. The normalized spacial score (nSPS) is 14.6. The minimum atomic E-state index is -3.72. The molecule has 1 unspecified atom stereocenters. The van der Waals surface area contributed by atoms with E-state index in [0.29, 0.717) is 51.7 Å². The van der Waals surface area contributed by atoms with E-state index in [2.05, 4.69) is 48.5 Å². The first-order valence-electron chi connectivity index (χ1n) is 16.1. The Morgan fingerprint density at radius 3 is 0.898 bits per heavy atom. The maximum atomic E-state index is 6.40. The van der Waals surface area contributed by atoms with Crippen LogP contribution in [0.2, 0.25) is 0 Å². The molecule has 10 heteroatoms. The van der Waals surface area contributed by atoms with Gasteiger partial charge in [0.15, 0.2) is 42.6 Å². The smallest absolute Gasteiger partial charge is 0.191 e. The Morgan fingerprint density at radius 1 is 0.408 bits per heavy atom. The molecule has 3 aromatic carbocycles. The zero-order valence-electron chi connectivity index (χ0n) is 32.0. The zero-order chi connectivity index (χ0) is 36.5. The quantitative estimate of drug-likeness (QED) is 0.158. The van der Waals surface area contributed by atoms with Crippen molar-refractivity contribution >= 4 is 23.6 Å². The Hall–Kier alpha value is -4.44. The van der Waals surface area contributed by atoms with Gasteiger partial charge in [0.25, 0.3) is 0 Å². The lowest BCUT2D eigenvalue weighted by molar-refractivity contribution is 0.347. The maximum Gasteiger partial charge on any atom is 0.191 e. The van der Waals surface area contributed by atoms with Crippen LogP contribution < -0.4 is 58.2 Å². The number of hydrogen-bond donors (Lipinski definition) is 0. The van der Waals surface area contributed by atoms with E-state index in [1.807, 2.05) is 18.2 Å². The molecule has 0 N–H and O–H groups in total. The molecule has 4 rings (SSSR count). The second-order valence-electron chi connectivity index (χ2n) is 12.3. The molecule has 0 bridgehead atoms. The highest BCUT2D eigenvalue weighted by Gasteiger charge is 2.56. The molecule has 1 aliphatic carbocycles. The van der Waals surface area contributed by atoms with E-state index in [0.717, 1.165) is 32.3 Å². The van der Waals surface area contributed by atoms with Crippen LogP contribution in [0.25, 0.3) is 0 Å². The van der Waals surface area contributed by atoms with Crippen LogP contribution in [0.5, 0.6) is 51.7 Å². The largest absolute Gasteiger partial charge is 0.497 e. The van der Waals surface area contributed by atoms with Gasteiger partial charge in [-0.05, 0) is 69.7 Å². The minimum absolute atomic E-state index is 0.0262. The lowest BCUT2D eigenvalue weighted by Crippen LogP contribution is -2.72. The molecular formula is C39H52O9Si. The van der Waals surface area contributed by atoms with E-state index in [9.17, 15) is 0 Å². The number of benzene rings is 3. The van der Waals surface area contributed by atoms with Gasteiger partial charge in [-0.1, -0.05) is 23.3 Å². The molecule has 0 aliphatic heterocycles. The van der Waals surface area contributed by atoms with E-state index < -0.39 is 8.07 Å². The fourth-order valence-electron chi connectivity index (χ4n) is 8.07. The van der Waals surface area contributed by atoms with Gasteiger partial charge in [0.2, 0.25) is 0 Å². The van der Waals surface area contributed by atoms with E-state index in [1.54, 1.807) is 64.0 Å². The summed E-state index contributed by atoms with van der Waals surface area (Å²) in [7, 11) is 11.2. The topological polar surface area (TPSA) is 83.1 Å². The van der Waals surface area contributed by atoms with E-state index >= 15 is 0 Å². The molecule has 1 atom stereocenters. The van der Waals surface area contributed by atoms with Gasteiger partial charge in [-0.25, -0.2) is 0 Å². The molecule has 0 saturated carbocycles. The first-order valence-corrected chi connectivity index (χ1v) is 18.1. The third-order valence-electron chi connectivity index (χ3n) is 10.4. The van der Waals surface area contributed by atoms with Crippen molar-refractivity contribution in [2.45, 2.75) is 48.5 Å². The van der Waals surface area contributed by atoms with Crippen molar-refractivity contribution in [2.75, 3.05) is 64.0 Å². The molecule has 0 amide bonds. The molecule has 0 fully saturated rings. The van der Waals surface area contributed by atoms with Crippen molar-refractivity contribution < 1.29 is 42.6 Å². The number of hydrogen-bond acceptors (Lipinski definition) is 9. The number of methoxy groups -OCH3 is 9. The lowest BCUT2D eigenvalue weighted by atomic mass is 10.1. The molecular weight excluding hydrogens is 641 g/mol. The molecule has 0 aromatic heterocycles. The van der Waals surface area contributed by atoms with Crippen LogP contribution in [0.15, 0.2) is 40.1 Å². The maximum absolute atomic E-state index is 6.40. The predicted molar refractivity (Wildman–Crippen MR) is 197 cm³/mol. The van der Waals surface area contributed by atoms with Crippen molar-refractivity contribution in [2.24, 2.45) is 5.92 Å². The second kappa shape index (κ2) is 14.6. The summed E-state index contributed by atoms with van der Waals surface area (Å²) in [6.07, 6.45) is 0. The highest BCUT2D eigenvalue weighted by molar-refractivity contribution is 7.18. The second-order valence-corrected chi connectivity index (χ2v) is 15.8. The molecule has 0 spiro atoms. The van der Waals surface area contributed by atoms with Crippen LogP contribution in [-0.4, -0.2) is 72.1 Å². The van der Waals surface area contributed by atoms with Gasteiger partial charge in [0.1, 0.15) is 17.2 Å². The number of allylic oxidation sites excluding steroid dienone is 4. The van der Waals surface area contributed by atoms with Gasteiger partial charge in [-0.15, -0.1) is 0 Å².